The van der Waals surface area contributed by atoms with E-state index in [1.54, 1.807) is 11.3 Å². The summed E-state index contributed by atoms with van der Waals surface area (Å²) in [5.74, 6) is -0.0687. The van der Waals surface area contributed by atoms with E-state index >= 15 is 0 Å². The van der Waals surface area contributed by atoms with Gasteiger partial charge in [0.25, 0.3) is 0 Å². The highest BCUT2D eigenvalue weighted by molar-refractivity contribution is 7.11. The molecule has 0 aromatic carbocycles. The van der Waals surface area contributed by atoms with Crippen LogP contribution >= 0.6 is 11.3 Å². The van der Waals surface area contributed by atoms with Gasteiger partial charge in [-0.25, -0.2) is 4.98 Å². The lowest BCUT2D eigenvalue weighted by Crippen LogP contribution is -2.57. The molecule has 0 aliphatic carbocycles. The Bertz CT molecular complexity index is 433. The zero-order valence-corrected chi connectivity index (χ0v) is 12.3. The molecule has 0 spiro atoms. The second-order valence-corrected chi connectivity index (χ2v) is 6.31. The number of hydrogen-bond donors (Lipinski definition) is 2. The molecule has 1 fully saturated rings. The number of ether oxygens (including phenoxy) is 1. The predicted octanol–water partition coefficient (Wildman–Crippen LogP) is 0.927. The van der Waals surface area contributed by atoms with E-state index in [4.69, 9.17) is 10.5 Å². The Morgan fingerprint density at radius 1 is 1.47 bits per heavy atom. The Labute approximate surface area is 117 Å². The highest BCUT2D eigenvalue weighted by Gasteiger charge is 2.35. The predicted molar refractivity (Wildman–Crippen MR) is 75.3 cm³/mol. The van der Waals surface area contributed by atoms with Gasteiger partial charge in [0, 0.05) is 31.1 Å². The summed E-state index contributed by atoms with van der Waals surface area (Å²) in [5, 5.41) is 3.98. The maximum atomic E-state index is 12.1. The number of hydrogen-bond acceptors (Lipinski definition) is 5. The fourth-order valence-electron chi connectivity index (χ4n) is 2.07. The standard InChI is InChI=1S/C13H21N3O2S/c1-9-10(2)19-11(16-9)3-6-15-12(17)13(14)4-7-18-8-5-13/h3-8,14H2,1-2H3,(H,15,17). The molecular weight excluding hydrogens is 262 g/mol. The molecule has 1 amide bonds. The lowest BCUT2D eigenvalue weighted by Gasteiger charge is -2.31. The second kappa shape index (κ2) is 5.98. The number of thiazole rings is 1. The molecule has 5 nitrogen and oxygen atoms in total. The summed E-state index contributed by atoms with van der Waals surface area (Å²) < 4.78 is 5.24. The van der Waals surface area contributed by atoms with Gasteiger partial charge in [0.05, 0.1) is 16.2 Å². The third-order valence-electron chi connectivity index (χ3n) is 3.53. The molecule has 2 heterocycles. The lowest BCUT2D eigenvalue weighted by molar-refractivity contribution is -0.129. The minimum atomic E-state index is -0.757. The van der Waals surface area contributed by atoms with Gasteiger partial charge in [-0.1, -0.05) is 0 Å². The monoisotopic (exact) mass is 283 g/mol. The van der Waals surface area contributed by atoms with Crippen LogP contribution in [0.3, 0.4) is 0 Å². The minimum absolute atomic E-state index is 0.0687. The summed E-state index contributed by atoms with van der Waals surface area (Å²) in [6.07, 6.45) is 1.94. The Morgan fingerprint density at radius 3 is 2.74 bits per heavy atom. The maximum Gasteiger partial charge on any atom is 0.240 e. The van der Waals surface area contributed by atoms with E-state index in [9.17, 15) is 4.79 Å². The van der Waals surface area contributed by atoms with E-state index in [2.05, 4.69) is 17.2 Å². The number of nitrogens with one attached hydrogen (secondary N) is 1. The Kier molecular flexibility index (Phi) is 4.54. The number of carbonyl (C=O) groups excluding carboxylic acids is 1. The molecule has 1 saturated heterocycles. The molecule has 19 heavy (non-hydrogen) atoms. The van der Waals surface area contributed by atoms with E-state index in [1.807, 2.05) is 6.92 Å². The van der Waals surface area contributed by atoms with E-state index in [0.717, 1.165) is 17.1 Å². The molecule has 0 bridgehead atoms. The molecule has 1 aliphatic rings. The van der Waals surface area contributed by atoms with E-state index in [-0.39, 0.29) is 5.91 Å². The number of amides is 1. The van der Waals surface area contributed by atoms with Gasteiger partial charge >= 0.3 is 0 Å². The number of aryl methyl sites for hydroxylation is 2. The van der Waals surface area contributed by atoms with Crippen LogP contribution in [0.5, 0.6) is 0 Å². The van der Waals surface area contributed by atoms with Crippen molar-refractivity contribution in [2.75, 3.05) is 19.8 Å². The average Bonchev–Trinajstić information content (AvgIpc) is 2.69. The van der Waals surface area contributed by atoms with Crippen LogP contribution in [0.2, 0.25) is 0 Å². The normalized spacial score (nSPS) is 18.3. The largest absolute Gasteiger partial charge is 0.381 e. The molecule has 0 radical (unpaired) electrons. The highest BCUT2D eigenvalue weighted by atomic mass is 32.1. The molecule has 6 heteroatoms. The smallest absolute Gasteiger partial charge is 0.240 e. The van der Waals surface area contributed by atoms with Gasteiger partial charge in [-0.15, -0.1) is 11.3 Å². The van der Waals surface area contributed by atoms with Crippen LogP contribution in [0.15, 0.2) is 0 Å². The zero-order valence-electron chi connectivity index (χ0n) is 11.5. The average molecular weight is 283 g/mol. The fraction of sp³-hybridized carbons (Fsp3) is 0.692. The minimum Gasteiger partial charge on any atom is -0.381 e. The molecular formula is C13H21N3O2S. The second-order valence-electron chi connectivity index (χ2n) is 5.02. The molecule has 3 N–H and O–H groups in total. The van der Waals surface area contributed by atoms with Crippen LogP contribution in [-0.4, -0.2) is 36.2 Å². The first-order valence-electron chi connectivity index (χ1n) is 6.59. The summed E-state index contributed by atoms with van der Waals surface area (Å²) in [6.45, 7) is 5.78. The van der Waals surface area contributed by atoms with Gasteiger partial charge in [-0.2, -0.15) is 0 Å². The topological polar surface area (TPSA) is 77.2 Å². The van der Waals surface area contributed by atoms with E-state index in [1.165, 1.54) is 4.88 Å². The summed E-state index contributed by atoms with van der Waals surface area (Å²) in [7, 11) is 0. The van der Waals surface area contributed by atoms with Gasteiger partial charge in [0.1, 0.15) is 0 Å². The Balaban J connectivity index is 1.80. The van der Waals surface area contributed by atoms with Crippen LogP contribution in [0, 0.1) is 13.8 Å². The van der Waals surface area contributed by atoms with Gasteiger partial charge in [0.2, 0.25) is 5.91 Å². The number of nitrogens with zero attached hydrogens (tertiary/aromatic N) is 1. The van der Waals surface area contributed by atoms with Gasteiger partial charge in [0.15, 0.2) is 0 Å². The summed E-state index contributed by atoms with van der Waals surface area (Å²) >= 11 is 1.69. The first-order valence-corrected chi connectivity index (χ1v) is 7.41. The quantitative estimate of drug-likeness (QED) is 0.861. The molecule has 1 aliphatic heterocycles. The third kappa shape index (κ3) is 3.52. The SMILES string of the molecule is Cc1nc(CCNC(=O)C2(N)CCOCC2)sc1C. The summed E-state index contributed by atoms with van der Waals surface area (Å²) in [6, 6.07) is 0. The fourth-order valence-corrected chi connectivity index (χ4v) is 3.00. The molecule has 1 aromatic heterocycles. The van der Waals surface area contributed by atoms with Gasteiger partial charge in [-0.05, 0) is 26.7 Å². The van der Waals surface area contributed by atoms with E-state index < -0.39 is 5.54 Å². The maximum absolute atomic E-state index is 12.1. The van der Waals surface area contributed by atoms with Crippen molar-refractivity contribution >= 4 is 17.2 Å². The van der Waals surface area contributed by atoms with Crippen LogP contribution in [0.1, 0.15) is 28.4 Å². The van der Waals surface area contributed by atoms with Crippen molar-refractivity contribution in [1.82, 2.24) is 10.3 Å². The van der Waals surface area contributed by atoms with Crippen molar-refractivity contribution in [3.63, 3.8) is 0 Å². The summed E-state index contributed by atoms with van der Waals surface area (Å²) in [4.78, 5) is 17.8. The molecule has 1 aromatic rings. The first kappa shape index (κ1) is 14.4. The Morgan fingerprint density at radius 2 is 2.16 bits per heavy atom. The summed E-state index contributed by atoms with van der Waals surface area (Å²) in [5.41, 5.74) is 6.42. The molecule has 0 saturated carbocycles. The molecule has 106 valence electrons. The van der Waals surface area contributed by atoms with Crippen molar-refractivity contribution in [2.24, 2.45) is 5.73 Å². The third-order valence-corrected chi connectivity index (χ3v) is 4.67. The van der Waals surface area contributed by atoms with Crippen LogP contribution < -0.4 is 11.1 Å². The molecule has 2 rings (SSSR count). The van der Waals surface area contributed by atoms with Gasteiger partial charge < -0.3 is 15.8 Å². The van der Waals surface area contributed by atoms with Crippen LogP contribution in [0.4, 0.5) is 0 Å². The Hall–Kier alpha value is -0.980. The highest BCUT2D eigenvalue weighted by Crippen LogP contribution is 2.18. The van der Waals surface area contributed by atoms with Crippen molar-refractivity contribution in [3.05, 3.63) is 15.6 Å². The number of rotatable bonds is 4. The number of nitrogens with two attached hydrogens (primary N) is 1. The van der Waals surface area contributed by atoms with Crippen molar-refractivity contribution in [1.29, 1.82) is 0 Å². The van der Waals surface area contributed by atoms with Crippen LogP contribution in [-0.2, 0) is 16.0 Å². The zero-order chi connectivity index (χ0) is 13.9. The molecule has 0 atom stereocenters. The van der Waals surface area contributed by atoms with Crippen molar-refractivity contribution in [3.8, 4) is 0 Å². The van der Waals surface area contributed by atoms with Crippen LogP contribution in [0.25, 0.3) is 0 Å². The van der Waals surface area contributed by atoms with Gasteiger partial charge in [-0.3, -0.25) is 4.79 Å². The van der Waals surface area contributed by atoms with Crippen molar-refractivity contribution < 1.29 is 9.53 Å². The number of carbonyl (C=O) groups is 1. The van der Waals surface area contributed by atoms with Crippen molar-refractivity contribution in [2.45, 2.75) is 38.6 Å². The number of aromatic nitrogens is 1. The first-order chi connectivity index (χ1) is 9.01. The lowest BCUT2D eigenvalue weighted by atomic mass is 9.90. The molecule has 0 unspecified atom stereocenters. The van der Waals surface area contributed by atoms with E-state index in [0.29, 0.717) is 32.6 Å².